The second kappa shape index (κ2) is 18.5. The molecule has 0 saturated heterocycles. The van der Waals surface area contributed by atoms with E-state index in [0.29, 0.717) is 5.69 Å². The number of ether oxygens (including phenoxy) is 2. The van der Waals surface area contributed by atoms with Gasteiger partial charge in [-0.3, -0.25) is 19.4 Å². The molecule has 0 aromatic heterocycles. The number of sulfonamides is 1. The number of esters is 2. The van der Waals surface area contributed by atoms with Crippen molar-refractivity contribution in [3.63, 3.8) is 0 Å². The molecule has 1 heterocycles. The summed E-state index contributed by atoms with van der Waals surface area (Å²) in [7, 11) is -3.11. The fraction of sp³-hybridized carbons (Fsp3) is 0.390. The van der Waals surface area contributed by atoms with Crippen molar-refractivity contribution < 1.29 is 37.1 Å². The van der Waals surface area contributed by atoms with Crippen molar-refractivity contribution in [2.45, 2.75) is 82.1 Å². The lowest BCUT2D eigenvalue weighted by Gasteiger charge is -2.37. The molecule has 6 N–H and O–H groups in total. The van der Waals surface area contributed by atoms with Crippen molar-refractivity contribution in [2.24, 2.45) is 28.1 Å². The number of amides is 1. The van der Waals surface area contributed by atoms with Gasteiger partial charge in [0.25, 0.3) is 0 Å². The number of rotatable bonds is 16. The predicted octanol–water partition coefficient (Wildman–Crippen LogP) is 3.76. The van der Waals surface area contributed by atoms with Crippen molar-refractivity contribution in [2.75, 3.05) is 25.0 Å². The molecule has 3 aromatic rings. The minimum Gasteiger partial charge on any atom is -0.461 e. The van der Waals surface area contributed by atoms with Gasteiger partial charge >= 0.3 is 11.9 Å². The van der Waals surface area contributed by atoms with E-state index in [2.05, 4.69) is 4.99 Å². The predicted molar refractivity (Wildman–Crippen MR) is 213 cm³/mol. The molecule has 300 valence electrons. The van der Waals surface area contributed by atoms with Gasteiger partial charge in [-0.15, -0.1) is 0 Å². The van der Waals surface area contributed by atoms with E-state index in [-0.39, 0.29) is 55.4 Å². The summed E-state index contributed by atoms with van der Waals surface area (Å²) in [5.41, 5.74) is 16.4. The molecule has 0 spiro atoms. The highest BCUT2D eigenvalue weighted by Crippen LogP contribution is 2.34. The Labute approximate surface area is 328 Å². The van der Waals surface area contributed by atoms with Crippen molar-refractivity contribution in [1.29, 1.82) is 0 Å². The number of para-hydroxylation sites is 1. The van der Waals surface area contributed by atoms with E-state index in [9.17, 15) is 22.8 Å². The molecule has 0 saturated carbocycles. The van der Waals surface area contributed by atoms with Gasteiger partial charge in [0.1, 0.15) is 12.2 Å². The highest BCUT2D eigenvalue weighted by Gasteiger charge is 2.53. The second-order valence-electron chi connectivity index (χ2n) is 14.7. The molecule has 56 heavy (non-hydrogen) atoms. The van der Waals surface area contributed by atoms with Gasteiger partial charge in [-0.05, 0) is 82.4 Å². The standard InChI is InChI=1S/C41H52N6O8S/c1-28-18-20-33(21-19-28)56(52,53)46(5)34(17-12-23-45-39(42)43)36(49)41(44,38(51)55-40(2,3)4)31-22-24-47(32-15-10-7-11-16-32)37(50)30(25-31)26-35(48)54-27-29-13-8-6-9-14-29/h6-11,13-16,18-21,25,30,34H,12,17,22-24,26-27,44H2,1-5H3,(H4,42,43,45)/t30?,34-,41?/m0/s1. The van der Waals surface area contributed by atoms with E-state index in [1.54, 1.807) is 94.4 Å². The number of anilines is 1. The van der Waals surface area contributed by atoms with Crippen LogP contribution in [-0.2, 0) is 45.3 Å². The summed E-state index contributed by atoms with van der Waals surface area (Å²) >= 11 is 0. The first kappa shape index (κ1) is 43.3. The Hall–Kier alpha value is -5.38. The molecule has 14 nitrogen and oxygen atoms in total. The van der Waals surface area contributed by atoms with Crippen LogP contribution in [0.4, 0.5) is 5.69 Å². The summed E-state index contributed by atoms with van der Waals surface area (Å²) in [5, 5.41) is 0. The third-order valence-corrected chi connectivity index (χ3v) is 11.2. The SMILES string of the molecule is Cc1ccc(S(=O)(=O)N(C)[C@@H](CCCN=C(N)N)C(=O)C(N)(C(=O)OC(C)(C)C)C2=CC(CC(=O)OCc3ccccc3)C(=O)N(c3ccccc3)CC2)cc1. The molecular weight excluding hydrogens is 737 g/mol. The third-order valence-electron chi connectivity index (χ3n) is 9.27. The van der Waals surface area contributed by atoms with Crippen LogP contribution in [0.1, 0.15) is 57.6 Å². The first-order chi connectivity index (χ1) is 26.3. The Balaban J connectivity index is 1.84. The average Bonchev–Trinajstić information content (AvgIpc) is 3.31. The number of aryl methyl sites for hydroxylation is 1. The molecule has 0 radical (unpaired) electrons. The zero-order valence-corrected chi connectivity index (χ0v) is 33.3. The van der Waals surface area contributed by atoms with Gasteiger partial charge in [-0.1, -0.05) is 72.3 Å². The van der Waals surface area contributed by atoms with E-state index in [0.717, 1.165) is 15.4 Å². The van der Waals surface area contributed by atoms with Gasteiger partial charge in [-0.2, -0.15) is 4.31 Å². The van der Waals surface area contributed by atoms with E-state index < -0.39 is 63.2 Å². The number of hydrogen-bond acceptors (Lipinski definition) is 10. The van der Waals surface area contributed by atoms with E-state index in [1.807, 2.05) is 6.07 Å². The Kier molecular flexibility index (Phi) is 14.3. The summed E-state index contributed by atoms with van der Waals surface area (Å²) < 4.78 is 40.4. The maximum atomic E-state index is 15.2. The zero-order valence-electron chi connectivity index (χ0n) is 32.5. The molecule has 0 fully saturated rings. The number of likely N-dealkylation sites (N-methyl/N-ethyl adjacent to an activating group) is 1. The van der Waals surface area contributed by atoms with Gasteiger partial charge in [0, 0.05) is 25.8 Å². The van der Waals surface area contributed by atoms with Crippen molar-refractivity contribution in [3.05, 3.63) is 108 Å². The molecule has 1 aliphatic heterocycles. The lowest BCUT2D eigenvalue weighted by molar-refractivity contribution is -0.163. The fourth-order valence-electron chi connectivity index (χ4n) is 6.28. The summed E-state index contributed by atoms with van der Waals surface area (Å²) in [6.45, 7) is 6.58. The minimum absolute atomic E-state index is 0.0141. The van der Waals surface area contributed by atoms with Crippen LogP contribution >= 0.6 is 0 Å². The number of hydrogen-bond donors (Lipinski definition) is 3. The van der Waals surface area contributed by atoms with Crippen LogP contribution in [0, 0.1) is 12.8 Å². The van der Waals surface area contributed by atoms with Crippen molar-refractivity contribution >= 4 is 45.3 Å². The third kappa shape index (κ3) is 10.9. The van der Waals surface area contributed by atoms with Crippen LogP contribution in [0.5, 0.6) is 0 Å². The number of nitrogens with two attached hydrogens (primary N) is 3. The number of carbonyl (C=O) groups is 4. The zero-order chi connectivity index (χ0) is 41.3. The van der Waals surface area contributed by atoms with E-state index >= 15 is 4.79 Å². The van der Waals surface area contributed by atoms with Gasteiger partial charge in [0.2, 0.25) is 15.9 Å². The van der Waals surface area contributed by atoms with Crippen molar-refractivity contribution in [1.82, 2.24) is 4.31 Å². The molecule has 15 heteroatoms. The van der Waals surface area contributed by atoms with Crippen LogP contribution in [0.2, 0.25) is 0 Å². The molecule has 1 aliphatic rings. The van der Waals surface area contributed by atoms with Crippen LogP contribution in [0.3, 0.4) is 0 Å². The van der Waals surface area contributed by atoms with Crippen LogP contribution in [-0.4, -0.2) is 79.6 Å². The highest BCUT2D eigenvalue weighted by molar-refractivity contribution is 7.89. The van der Waals surface area contributed by atoms with Gasteiger partial charge in [-0.25, -0.2) is 13.2 Å². The fourth-order valence-corrected chi connectivity index (χ4v) is 7.63. The lowest BCUT2D eigenvalue weighted by atomic mass is 9.78. The maximum Gasteiger partial charge on any atom is 0.338 e. The number of benzene rings is 3. The molecular formula is C41H52N6O8S. The molecule has 3 aromatic carbocycles. The van der Waals surface area contributed by atoms with Crippen molar-refractivity contribution in [3.8, 4) is 0 Å². The van der Waals surface area contributed by atoms with Gasteiger partial charge in [0.15, 0.2) is 17.3 Å². The summed E-state index contributed by atoms with van der Waals surface area (Å²) in [6.07, 6.45) is 0.799. The largest absolute Gasteiger partial charge is 0.461 e. The monoisotopic (exact) mass is 788 g/mol. The number of nitrogens with zero attached hydrogens (tertiary/aromatic N) is 3. The number of carbonyl (C=O) groups excluding carboxylic acids is 4. The molecule has 0 aliphatic carbocycles. The maximum absolute atomic E-state index is 15.2. The molecule has 2 unspecified atom stereocenters. The molecule has 0 bridgehead atoms. The molecule has 1 amide bonds. The first-order valence-corrected chi connectivity index (χ1v) is 19.7. The quantitative estimate of drug-likeness (QED) is 0.0474. The Bertz CT molecular complexity index is 2030. The smallest absolute Gasteiger partial charge is 0.338 e. The van der Waals surface area contributed by atoms with Crippen LogP contribution < -0.4 is 22.1 Å². The first-order valence-electron chi connectivity index (χ1n) is 18.3. The topological polar surface area (TPSA) is 218 Å². The summed E-state index contributed by atoms with van der Waals surface area (Å²) in [6, 6.07) is 22.3. The van der Waals surface area contributed by atoms with Gasteiger partial charge < -0.3 is 31.6 Å². The summed E-state index contributed by atoms with van der Waals surface area (Å²) in [4.78, 5) is 62.6. The summed E-state index contributed by atoms with van der Waals surface area (Å²) in [5.74, 6) is -4.77. The lowest BCUT2D eigenvalue weighted by Crippen LogP contribution is -2.64. The van der Waals surface area contributed by atoms with E-state index in [1.165, 1.54) is 30.2 Å². The molecule has 3 atom stereocenters. The minimum atomic E-state index is -4.35. The number of ketones is 1. The Morgan fingerprint density at radius 3 is 2.16 bits per heavy atom. The van der Waals surface area contributed by atoms with Crippen LogP contribution in [0.15, 0.2) is 106 Å². The average molecular weight is 789 g/mol. The number of Topliss-reactive ketones (excluding diaryl/α,β-unsaturated/α-hetero) is 1. The van der Waals surface area contributed by atoms with Crippen LogP contribution in [0.25, 0.3) is 0 Å². The Morgan fingerprint density at radius 2 is 1.57 bits per heavy atom. The normalized spacial score (nSPS) is 16.6. The second-order valence-corrected chi connectivity index (χ2v) is 16.7. The Morgan fingerprint density at radius 1 is 0.964 bits per heavy atom. The van der Waals surface area contributed by atoms with Gasteiger partial charge in [0.05, 0.1) is 23.3 Å². The molecule has 4 rings (SSSR count). The highest BCUT2D eigenvalue weighted by atomic mass is 32.2. The number of guanidine groups is 1. The van der Waals surface area contributed by atoms with E-state index in [4.69, 9.17) is 26.7 Å². The number of aliphatic imine (C=N–C) groups is 1.